The Hall–Kier alpha value is -3.71. The minimum atomic E-state index is 0.416. The normalized spacial score (nSPS) is 10.5. The quantitative estimate of drug-likeness (QED) is 0.568. The SMILES string of the molecule is C#Cc1cccc(-c2ncccc2-c2ccc3cnnc(N)c3c2)c1. The van der Waals surface area contributed by atoms with Crippen LogP contribution in [0.25, 0.3) is 33.2 Å². The van der Waals surface area contributed by atoms with Gasteiger partial charge >= 0.3 is 0 Å². The largest absolute Gasteiger partial charge is 0.382 e. The van der Waals surface area contributed by atoms with Crippen molar-refractivity contribution in [3.05, 3.63) is 72.6 Å². The van der Waals surface area contributed by atoms with E-state index in [1.807, 2.05) is 54.6 Å². The van der Waals surface area contributed by atoms with Crippen molar-refractivity contribution < 1.29 is 0 Å². The van der Waals surface area contributed by atoms with E-state index in [-0.39, 0.29) is 0 Å². The Morgan fingerprint density at radius 3 is 2.76 bits per heavy atom. The van der Waals surface area contributed by atoms with Gasteiger partial charge in [-0.2, -0.15) is 5.10 Å². The number of hydrogen-bond acceptors (Lipinski definition) is 4. The van der Waals surface area contributed by atoms with Crippen LogP contribution in [0, 0.1) is 12.3 Å². The standard InChI is InChI=1S/C21H14N4/c1-2-14-5-3-6-16(11-14)20-18(7-4-10-23-20)15-8-9-17-13-24-25-21(22)19(17)12-15/h1,3-13H,(H2,22,25). The van der Waals surface area contributed by atoms with Crippen molar-refractivity contribution in [1.82, 2.24) is 15.2 Å². The van der Waals surface area contributed by atoms with E-state index in [1.54, 1.807) is 12.4 Å². The van der Waals surface area contributed by atoms with Gasteiger partial charge in [0, 0.05) is 33.7 Å². The zero-order valence-electron chi connectivity index (χ0n) is 13.3. The molecule has 2 aromatic heterocycles. The molecule has 25 heavy (non-hydrogen) atoms. The van der Waals surface area contributed by atoms with Crippen molar-refractivity contribution in [1.29, 1.82) is 0 Å². The van der Waals surface area contributed by atoms with Gasteiger partial charge in [-0.25, -0.2) is 0 Å². The van der Waals surface area contributed by atoms with Crippen LogP contribution in [0.3, 0.4) is 0 Å². The number of fused-ring (bicyclic) bond motifs is 1. The van der Waals surface area contributed by atoms with Crippen LogP contribution in [0.2, 0.25) is 0 Å². The average Bonchev–Trinajstić information content (AvgIpc) is 2.68. The Bertz CT molecular complexity index is 1130. The van der Waals surface area contributed by atoms with Gasteiger partial charge in [-0.05, 0) is 29.8 Å². The maximum atomic E-state index is 5.98. The first-order valence-electron chi connectivity index (χ1n) is 7.79. The molecule has 4 rings (SSSR count). The number of aromatic nitrogens is 3. The topological polar surface area (TPSA) is 64.7 Å². The highest BCUT2D eigenvalue weighted by Gasteiger charge is 2.10. The second-order valence-corrected chi connectivity index (χ2v) is 5.66. The molecule has 4 nitrogen and oxygen atoms in total. The number of nitrogens with zero attached hydrogens (tertiary/aromatic N) is 3. The van der Waals surface area contributed by atoms with Crippen molar-refractivity contribution in [3.63, 3.8) is 0 Å². The summed E-state index contributed by atoms with van der Waals surface area (Å²) in [4.78, 5) is 4.58. The Labute approximate surface area is 145 Å². The van der Waals surface area contributed by atoms with E-state index in [2.05, 4.69) is 21.1 Å². The summed E-state index contributed by atoms with van der Waals surface area (Å²) in [6.45, 7) is 0. The summed E-state index contributed by atoms with van der Waals surface area (Å²) in [5.74, 6) is 3.08. The summed E-state index contributed by atoms with van der Waals surface area (Å²) in [5, 5.41) is 9.66. The molecule has 0 amide bonds. The molecule has 4 aromatic rings. The second kappa shape index (κ2) is 6.06. The number of nitrogen functional groups attached to an aromatic ring is 1. The molecule has 0 fully saturated rings. The van der Waals surface area contributed by atoms with E-state index in [0.717, 1.165) is 38.7 Å². The first-order valence-corrected chi connectivity index (χ1v) is 7.79. The number of terminal acetylenes is 1. The minimum Gasteiger partial charge on any atom is -0.382 e. The van der Waals surface area contributed by atoms with Gasteiger partial charge in [0.2, 0.25) is 0 Å². The Balaban J connectivity index is 1.92. The highest BCUT2D eigenvalue weighted by Crippen LogP contribution is 2.33. The fourth-order valence-electron chi connectivity index (χ4n) is 2.89. The van der Waals surface area contributed by atoms with Gasteiger partial charge in [-0.3, -0.25) is 4.98 Å². The molecule has 0 saturated heterocycles. The molecule has 0 aliphatic heterocycles. The molecule has 0 radical (unpaired) electrons. The monoisotopic (exact) mass is 322 g/mol. The third-order valence-corrected chi connectivity index (χ3v) is 4.11. The van der Waals surface area contributed by atoms with Crippen LogP contribution in [0.4, 0.5) is 5.82 Å². The molecular formula is C21H14N4. The van der Waals surface area contributed by atoms with Crippen LogP contribution >= 0.6 is 0 Å². The number of anilines is 1. The van der Waals surface area contributed by atoms with E-state index in [0.29, 0.717) is 5.82 Å². The van der Waals surface area contributed by atoms with E-state index in [1.165, 1.54) is 0 Å². The molecular weight excluding hydrogens is 308 g/mol. The van der Waals surface area contributed by atoms with Crippen LogP contribution in [0.1, 0.15) is 5.56 Å². The minimum absolute atomic E-state index is 0.416. The first-order chi connectivity index (χ1) is 12.3. The molecule has 0 bridgehead atoms. The van der Waals surface area contributed by atoms with Gasteiger partial charge in [0.25, 0.3) is 0 Å². The molecule has 0 aliphatic rings. The maximum Gasteiger partial charge on any atom is 0.153 e. The molecule has 2 heterocycles. The lowest BCUT2D eigenvalue weighted by Crippen LogP contribution is -1.95. The molecule has 0 saturated carbocycles. The van der Waals surface area contributed by atoms with E-state index >= 15 is 0 Å². The van der Waals surface area contributed by atoms with Crippen molar-refractivity contribution in [3.8, 4) is 34.7 Å². The van der Waals surface area contributed by atoms with Crippen LogP contribution in [-0.2, 0) is 0 Å². The van der Waals surface area contributed by atoms with Gasteiger partial charge < -0.3 is 5.73 Å². The van der Waals surface area contributed by atoms with E-state index in [9.17, 15) is 0 Å². The van der Waals surface area contributed by atoms with Crippen LogP contribution in [-0.4, -0.2) is 15.2 Å². The van der Waals surface area contributed by atoms with E-state index in [4.69, 9.17) is 12.2 Å². The summed E-state index contributed by atoms with van der Waals surface area (Å²) < 4.78 is 0. The third-order valence-electron chi connectivity index (χ3n) is 4.11. The fraction of sp³-hybridized carbons (Fsp3) is 0. The highest BCUT2D eigenvalue weighted by atomic mass is 15.1. The molecule has 0 atom stereocenters. The van der Waals surface area contributed by atoms with E-state index < -0.39 is 0 Å². The molecule has 4 heteroatoms. The van der Waals surface area contributed by atoms with Crippen molar-refractivity contribution in [2.45, 2.75) is 0 Å². The summed E-state index contributed by atoms with van der Waals surface area (Å²) >= 11 is 0. The molecule has 2 aromatic carbocycles. The third kappa shape index (κ3) is 2.68. The molecule has 2 N–H and O–H groups in total. The van der Waals surface area contributed by atoms with Gasteiger partial charge in [-0.15, -0.1) is 11.5 Å². The maximum absolute atomic E-state index is 5.98. The molecule has 0 aliphatic carbocycles. The second-order valence-electron chi connectivity index (χ2n) is 5.66. The van der Waals surface area contributed by atoms with Crippen molar-refractivity contribution in [2.24, 2.45) is 0 Å². The highest BCUT2D eigenvalue weighted by molar-refractivity contribution is 5.95. The first kappa shape index (κ1) is 14.9. The summed E-state index contributed by atoms with van der Waals surface area (Å²) in [6.07, 6.45) is 9.01. The lowest BCUT2D eigenvalue weighted by Gasteiger charge is -2.10. The number of pyridine rings is 1. The van der Waals surface area contributed by atoms with Gasteiger partial charge in [-0.1, -0.05) is 36.3 Å². The molecule has 0 unspecified atom stereocenters. The Kier molecular flexibility index (Phi) is 3.60. The van der Waals surface area contributed by atoms with Crippen LogP contribution in [0.5, 0.6) is 0 Å². The predicted octanol–water partition coefficient (Wildman–Crippen LogP) is 3.92. The fourth-order valence-corrected chi connectivity index (χ4v) is 2.89. The lowest BCUT2D eigenvalue weighted by atomic mass is 9.97. The zero-order chi connectivity index (χ0) is 17.2. The van der Waals surface area contributed by atoms with Crippen molar-refractivity contribution >= 4 is 16.6 Å². The van der Waals surface area contributed by atoms with Gasteiger partial charge in [0.1, 0.15) is 0 Å². The summed E-state index contributed by atoms with van der Waals surface area (Å²) in [7, 11) is 0. The summed E-state index contributed by atoms with van der Waals surface area (Å²) in [5.41, 5.74) is 10.7. The van der Waals surface area contributed by atoms with Crippen LogP contribution in [0.15, 0.2) is 67.0 Å². The molecule has 0 spiro atoms. The zero-order valence-corrected chi connectivity index (χ0v) is 13.3. The Morgan fingerprint density at radius 2 is 1.88 bits per heavy atom. The van der Waals surface area contributed by atoms with Crippen molar-refractivity contribution in [2.75, 3.05) is 5.73 Å². The van der Waals surface area contributed by atoms with Crippen LogP contribution < -0.4 is 5.73 Å². The Morgan fingerprint density at radius 1 is 0.960 bits per heavy atom. The number of nitrogens with two attached hydrogens (primary N) is 1. The van der Waals surface area contributed by atoms with Gasteiger partial charge in [0.15, 0.2) is 5.82 Å². The molecule has 118 valence electrons. The lowest BCUT2D eigenvalue weighted by molar-refractivity contribution is 1.06. The van der Waals surface area contributed by atoms with Gasteiger partial charge in [0.05, 0.1) is 11.9 Å². The number of benzene rings is 2. The smallest absolute Gasteiger partial charge is 0.153 e. The summed E-state index contributed by atoms with van der Waals surface area (Å²) in [6, 6.07) is 17.8. The number of hydrogen-bond donors (Lipinski definition) is 1. The predicted molar refractivity (Wildman–Crippen MR) is 101 cm³/mol. The average molecular weight is 322 g/mol. The number of rotatable bonds is 2.